The van der Waals surface area contributed by atoms with Crippen LogP contribution in [0.3, 0.4) is 0 Å². The number of rotatable bonds is 8. The molecule has 0 unspecified atom stereocenters. The predicted octanol–water partition coefficient (Wildman–Crippen LogP) is 2.86. The third-order valence-corrected chi connectivity index (χ3v) is 3.29. The molecule has 0 aromatic rings. The van der Waals surface area contributed by atoms with E-state index in [0.29, 0.717) is 18.3 Å². The van der Waals surface area contributed by atoms with E-state index in [4.69, 9.17) is 5.11 Å². The van der Waals surface area contributed by atoms with Gasteiger partial charge in [-0.15, -0.1) is 0 Å². The topological polar surface area (TPSA) is 40.5 Å². The first kappa shape index (κ1) is 14.5. The van der Waals surface area contributed by atoms with E-state index >= 15 is 0 Å². The van der Waals surface area contributed by atoms with Gasteiger partial charge in [0.2, 0.25) is 0 Å². The van der Waals surface area contributed by atoms with Crippen LogP contribution >= 0.6 is 0 Å². The fourth-order valence-corrected chi connectivity index (χ4v) is 2.60. The SMILES string of the molecule is CC(C)CN(CC(C)C)CC1(CC(=O)O)CC1. The Kier molecular flexibility index (Phi) is 4.99. The molecule has 1 aliphatic carbocycles. The maximum absolute atomic E-state index is 10.9. The number of carboxylic acid groups (broad SMARTS) is 1. The minimum atomic E-state index is -0.642. The first-order valence-electron chi connectivity index (χ1n) is 6.77. The van der Waals surface area contributed by atoms with Gasteiger partial charge in [0.25, 0.3) is 0 Å². The normalized spacial score (nSPS) is 18.1. The molecule has 1 fully saturated rings. The van der Waals surface area contributed by atoms with E-state index in [2.05, 4.69) is 32.6 Å². The molecule has 0 spiro atoms. The molecule has 3 heteroatoms. The Bertz CT molecular complexity index is 247. The van der Waals surface area contributed by atoms with E-state index in [1.807, 2.05) is 0 Å². The van der Waals surface area contributed by atoms with Crippen molar-refractivity contribution in [1.29, 1.82) is 0 Å². The summed E-state index contributed by atoms with van der Waals surface area (Å²) in [6.45, 7) is 12.0. The summed E-state index contributed by atoms with van der Waals surface area (Å²) in [6, 6.07) is 0. The number of hydrogen-bond donors (Lipinski definition) is 1. The highest BCUT2D eigenvalue weighted by Gasteiger charge is 2.45. The van der Waals surface area contributed by atoms with E-state index in [0.717, 1.165) is 32.5 Å². The highest BCUT2D eigenvalue weighted by molar-refractivity contribution is 5.68. The van der Waals surface area contributed by atoms with Gasteiger partial charge in [-0.05, 0) is 30.1 Å². The fourth-order valence-electron chi connectivity index (χ4n) is 2.60. The Morgan fingerprint density at radius 1 is 1.18 bits per heavy atom. The van der Waals surface area contributed by atoms with Gasteiger partial charge in [0.05, 0.1) is 6.42 Å². The summed E-state index contributed by atoms with van der Waals surface area (Å²) in [4.78, 5) is 13.3. The van der Waals surface area contributed by atoms with Crippen molar-refractivity contribution in [1.82, 2.24) is 4.90 Å². The molecular weight excluding hydrogens is 214 g/mol. The third-order valence-electron chi connectivity index (χ3n) is 3.29. The molecule has 17 heavy (non-hydrogen) atoms. The van der Waals surface area contributed by atoms with Gasteiger partial charge in [0, 0.05) is 19.6 Å². The van der Waals surface area contributed by atoms with Crippen LogP contribution in [0.2, 0.25) is 0 Å². The lowest BCUT2D eigenvalue weighted by Crippen LogP contribution is -2.37. The minimum absolute atomic E-state index is 0.0929. The van der Waals surface area contributed by atoms with Gasteiger partial charge in [-0.2, -0.15) is 0 Å². The monoisotopic (exact) mass is 241 g/mol. The standard InChI is InChI=1S/C14H27NO2/c1-11(2)8-15(9-12(3)4)10-14(5-6-14)7-13(16)17/h11-12H,5-10H2,1-4H3,(H,16,17). The van der Waals surface area contributed by atoms with E-state index in [9.17, 15) is 4.79 Å². The number of aliphatic carboxylic acids is 1. The summed E-state index contributed by atoms with van der Waals surface area (Å²) in [5.74, 6) is 0.653. The third kappa shape index (κ3) is 5.53. The van der Waals surface area contributed by atoms with Gasteiger partial charge in [-0.25, -0.2) is 0 Å². The summed E-state index contributed by atoms with van der Waals surface area (Å²) in [5.41, 5.74) is 0.0929. The van der Waals surface area contributed by atoms with Crippen LogP contribution in [0.1, 0.15) is 47.0 Å². The van der Waals surface area contributed by atoms with Gasteiger partial charge in [-0.1, -0.05) is 27.7 Å². The molecule has 0 aromatic carbocycles. The van der Waals surface area contributed by atoms with Crippen molar-refractivity contribution in [3.63, 3.8) is 0 Å². The first-order valence-corrected chi connectivity index (χ1v) is 6.77. The van der Waals surface area contributed by atoms with E-state index in [-0.39, 0.29) is 5.41 Å². The number of carbonyl (C=O) groups is 1. The Balaban J connectivity index is 2.50. The number of hydrogen-bond acceptors (Lipinski definition) is 2. The summed E-state index contributed by atoms with van der Waals surface area (Å²) < 4.78 is 0. The molecule has 100 valence electrons. The molecule has 0 aromatic heterocycles. The second-order valence-corrected chi connectivity index (χ2v) is 6.55. The Labute approximate surface area is 105 Å². The quantitative estimate of drug-likeness (QED) is 0.710. The lowest BCUT2D eigenvalue weighted by molar-refractivity contribution is -0.138. The van der Waals surface area contributed by atoms with Gasteiger partial charge < -0.3 is 10.0 Å². The molecule has 1 aliphatic rings. The van der Waals surface area contributed by atoms with Gasteiger partial charge >= 0.3 is 5.97 Å². The van der Waals surface area contributed by atoms with E-state index in [1.165, 1.54) is 0 Å². The summed E-state index contributed by atoms with van der Waals surface area (Å²) >= 11 is 0. The van der Waals surface area contributed by atoms with Crippen molar-refractivity contribution in [2.24, 2.45) is 17.3 Å². The zero-order valence-electron chi connectivity index (χ0n) is 11.7. The average Bonchev–Trinajstić information content (AvgIpc) is 2.79. The lowest BCUT2D eigenvalue weighted by atomic mass is 10.0. The molecule has 0 bridgehead atoms. The van der Waals surface area contributed by atoms with E-state index < -0.39 is 5.97 Å². The van der Waals surface area contributed by atoms with Crippen molar-refractivity contribution in [2.75, 3.05) is 19.6 Å². The maximum Gasteiger partial charge on any atom is 0.303 e. The van der Waals surface area contributed by atoms with Crippen LogP contribution in [-0.2, 0) is 4.79 Å². The largest absolute Gasteiger partial charge is 0.481 e. The molecular formula is C14H27NO2. The molecule has 0 aliphatic heterocycles. The summed E-state index contributed by atoms with van der Waals surface area (Å²) in [5, 5.41) is 8.95. The second-order valence-electron chi connectivity index (χ2n) is 6.55. The first-order chi connectivity index (χ1) is 7.83. The Hall–Kier alpha value is -0.570. The van der Waals surface area contributed by atoms with Crippen LogP contribution in [0.25, 0.3) is 0 Å². The molecule has 0 heterocycles. The minimum Gasteiger partial charge on any atom is -0.481 e. The molecule has 1 rings (SSSR count). The molecule has 1 N–H and O–H groups in total. The Morgan fingerprint density at radius 3 is 1.94 bits per heavy atom. The molecule has 1 saturated carbocycles. The zero-order valence-corrected chi connectivity index (χ0v) is 11.7. The Morgan fingerprint density at radius 2 is 1.65 bits per heavy atom. The number of nitrogens with zero attached hydrogens (tertiary/aromatic N) is 1. The van der Waals surface area contributed by atoms with Crippen LogP contribution in [0.5, 0.6) is 0 Å². The van der Waals surface area contributed by atoms with E-state index in [1.54, 1.807) is 0 Å². The van der Waals surface area contributed by atoms with Crippen molar-refractivity contribution in [3.8, 4) is 0 Å². The highest BCUT2D eigenvalue weighted by Crippen LogP contribution is 2.49. The molecule has 0 saturated heterocycles. The van der Waals surface area contributed by atoms with Gasteiger partial charge in [0.15, 0.2) is 0 Å². The lowest BCUT2D eigenvalue weighted by Gasteiger charge is -2.29. The summed E-state index contributed by atoms with van der Waals surface area (Å²) in [7, 11) is 0. The number of carboxylic acids is 1. The van der Waals surface area contributed by atoms with Crippen LogP contribution in [0.15, 0.2) is 0 Å². The van der Waals surface area contributed by atoms with Gasteiger partial charge in [-0.3, -0.25) is 4.79 Å². The molecule has 0 amide bonds. The predicted molar refractivity (Wildman–Crippen MR) is 70.0 cm³/mol. The second kappa shape index (κ2) is 5.85. The maximum atomic E-state index is 10.9. The summed E-state index contributed by atoms with van der Waals surface area (Å²) in [6.07, 6.45) is 2.53. The van der Waals surface area contributed by atoms with Crippen molar-refractivity contribution >= 4 is 5.97 Å². The van der Waals surface area contributed by atoms with Crippen LogP contribution in [0, 0.1) is 17.3 Å². The zero-order chi connectivity index (χ0) is 13.1. The fraction of sp³-hybridized carbons (Fsp3) is 0.929. The average molecular weight is 241 g/mol. The van der Waals surface area contributed by atoms with Crippen LogP contribution in [0.4, 0.5) is 0 Å². The van der Waals surface area contributed by atoms with Crippen molar-refractivity contribution < 1.29 is 9.90 Å². The van der Waals surface area contributed by atoms with Crippen molar-refractivity contribution in [2.45, 2.75) is 47.0 Å². The van der Waals surface area contributed by atoms with Crippen LogP contribution < -0.4 is 0 Å². The molecule has 0 atom stereocenters. The van der Waals surface area contributed by atoms with Crippen molar-refractivity contribution in [3.05, 3.63) is 0 Å². The van der Waals surface area contributed by atoms with Gasteiger partial charge in [0.1, 0.15) is 0 Å². The molecule has 0 radical (unpaired) electrons. The smallest absolute Gasteiger partial charge is 0.303 e. The highest BCUT2D eigenvalue weighted by atomic mass is 16.4. The van der Waals surface area contributed by atoms with Crippen LogP contribution in [-0.4, -0.2) is 35.6 Å². The molecule has 3 nitrogen and oxygen atoms in total.